The standard InChI is InChI=1S/C13H17BN2O2.ClH/c1-12(2)13(3,4)18-14(17-12)10-6-5-7-11-9(10)8-15-16-11;/h5-8H,1-4H3,(H,15,16);1H. The van der Waals surface area contributed by atoms with E-state index in [0.29, 0.717) is 0 Å². The molecular weight excluding hydrogens is 262 g/mol. The molecule has 4 nitrogen and oxygen atoms in total. The molecule has 0 radical (unpaired) electrons. The van der Waals surface area contributed by atoms with E-state index in [0.717, 1.165) is 16.4 Å². The van der Waals surface area contributed by atoms with Gasteiger partial charge < -0.3 is 9.31 Å². The molecule has 0 amide bonds. The lowest BCUT2D eigenvalue weighted by molar-refractivity contribution is 0.00578. The molecule has 1 aliphatic heterocycles. The Kier molecular flexibility index (Phi) is 3.41. The topological polar surface area (TPSA) is 47.1 Å². The van der Waals surface area contributed by atoms with Gasteiger partial charge in [-0.1, -0.05) is 12.1 Å². The lowest BCUT2D eigenvalue weighted by atomic mass is 9.77. The Bertz CT molecular complexity index is 581. The Morgan fingerprint density at radius 1 is 1.11 bits per heavy atom. The lowest BCUT2D eigenvalue weighted by Gasteiger charge is -2.32. The van der Waals surface area contributed by atoms with Crippen molar-refractivity contribution in [3.63, 3.8) is 0 Å². The zero-order valence-corrected chi connectivity index (χ0v) is 12.4. The van der Waals surface area contributed by atoms with Gasteiger partial charge in [-0.25, -0.2) is 0 Å². The van der Waals surface area contributed by atoms with E-state index in [2.05, 4.69) is 37.9 Å². The minimum Gasteiger partial charge on any atom is -0.399 e. The summed E-state index contributed by atoms with van der Waals surface area (Å²) in [6.45, 7) is 8.23. The summed E-state index contributed by atoms with van der Waals surface area (Å²) in [5, 5.41) is 8.09. The van der Waals surface area contributed by atoms with Gasteiger partial charge in [-0.15, -0.1) is 12.4 Å². The summed E-state index contributed by atoms with van der Waals surface area (Å²) in [6, 6.07) is 6.01. The normalized spacial score (nSPS) is 20.5. The molecule has 0 bridgehead atoms. The van der Waals surface area contributed by atoms with Gasteiger partial charge in [-0.2, -0.15) is 5.10 Å². The molecular formula is C13H18BClN2O2. The first-order valence-electron chi connectivity index (χ1n) is 6.18. The van der Waals surface area contributed by atoms with Gasteiger partial charge in [0.2, 0.25) is 0 Å². The fourth-order valence-corrected chi connectivity index (χ4v) is 2.17. The summed E-state index contributed by atoms with van der Waals surface area (Å²) < 4.78 is 12.1. The Labute approximate surface area is 119 Å². The molecule has 2 heterocycles. The van der Waals surface area contributed by atoms with Gasteiger partial charge in [-0.05, 0) is 39.2 Å². The fraction of sp³-hybridized carbons (Fsp3) is 0.462. The average molecular weight is 281 g/mol. The Hall–Kier alpha value is -1.04. The predicted molar refractivity (Wildman–Crippen MR) is 79.1 cm³/mol. The number of aromatic amines is 1. The van der Waals surface area contributed by atoms with Crippen molar-refractivity contribution in [2.24, 2.45) is 0 Å². The third-order valence-electron chi connectivity index (χ3n) is 4.03. The third kappa shape index (κ3) is 2.16. The number of rotatable bonds is 1. The molecule has 1 aromatic heterocycles. The number of benzene rings is 1. The smallest absolute Gasteiger partial charge is 0.399 e. The minimum absolute atomic E-state index is 0. The van der Waals surface area contributed by atoms with Gasteiger partial charge in [-0.3, -0.25) is 5.10 Å². The largest absolute Gasteiger partial charge is 0.495 e. The maximum atomic E-state index is 6.06. The van der Waals surface area contributed by atoms with Gasteiger partial charge in [0.25, 0.3) is 0 Å². The van der Waals surface area contributed by atoms with Crippen molar-refractivity contribution >= 4 is 35.9 Å². The zero-order valence-electron chi connectivity index (χ0n) is 11.6. The highest BCUT2D eigenvalue weighted by molar-refractivity contribution is 6.65. The first-order chi connectivity index (χ1) is 8.41. The quantitative estimate of drug-likeness (QED) is 0.815. The van der Waals surface area contributed by atoms with Crippen LogP contribution in [0.5, 0.6) is 0 Å². The van der Waals surface area contributed by atoms with E-state index < -0.39 is 0 Å². The number of halogens is 1. The van der Waals surface area contributed by atoms with Crippen LogP contribution in [0.2, 0.25) is 0 Å². The average Bonchev–Trinajstić information content (AvgIpc) is 2.81. The maximum absolute atomic E-state index is 6.06. The number of fused-ring (bicyclic) bond motifs is 1. The first-order valence-corrected chi connectivity index (χ1v) is 6.18. The van der Waals surface area contributed by atoms with Crippen LogP contribution in [-0.2, 0) is 9.31 Å². The summed E-state index contributed by atoms with van der Waals surface area (Å²) >= 11 is 0. The Morgan fingerprint density at radius 3 is 2.37 bits per heavy atom. The van der Waals surface area contributed by atoms with Crippen LogP contribution in [0.3, 0.4) is 0 Å². The van der Waals surface area contributed by atoms with E-state index in [1.807, 2.05) is 24.4 Å². The molecule has 19 heavy (non-hydrogen) atoms. The second-order valence-electron chi connectivity index (χ2n) is 5.77. The molecule has 0 aliphatic carbocycles. The summed E-state index contributed by atoms with van der Waals surface area (Å²) in [5.41, 5.74) is 1.40. The second-order valence-corrected chi connectivity index (χ2v) is 5.77. The van der Waals surface area contributed by atoms with Gasteiger partial charge in [0.1, 0.15) is 0 Å². The monoisotopic (exact) mass is 280 g/mol. The summed E-state index contributed by atoms with van der Waals surface area (Å²) in [4.78, 5) is 0. The number of hydrogen-bond acceptors (Lipinski definition) is 3. The number of H-pyrrole nitrogens is 1. The molecule has 0 atom stereocenters. The van der Waals surface area contributed by atoms with Crippen molar-refractivity contribution in [3.8, 4) is 0 Å². The summed E-state index contributed by atoms with van der Waals surface area (Å²) in [5.74, 6) is 0. The molecule has 1 N–H and O–H groups in total. The van der Waals surface area contributed by atoms with Crippen molar-refractivity contribution in [1.29, 1.82) is 0 Å². The molecule has 1 fully saturated rings. The molecule has 0 spiro atoms. The zero-order chi connectivity index (χ0) is 13.0. The van der Waals surface area contributed by atoms with Crippen molar-refractivity contribution in [2.75, 3.05) is 0 Å². The maximum Gasteiger partial charge on any atom is 0.495 e. The van der Waals surface area contributed by atoms with Gasteiger partial charge in [0.15, 0.2) is 0 Å². The van der Waals surface area contributed by atoms with Gasteiger partial charge in [0.05, 0.1) is 22.9 Å². The molecule has 102 valence electrons. The van der Waals surface area contributed by atoms with Crippen LogP contribution in [-0.4, -0.2) is 28.5 Å². The highest BCUT2D eigenvalue weighted by Gasteiger charge is 2.52. The first kappa shape index (κ1) is 14.4. The predicted octanol–water partition coefficient (Wildman–Crippen LogP) is 2.28. The second kappa shape index (κ2) is 4.51. The molecule has 1 saturated heterocycles. The third-order valence-corrected chi connectivity index (χ3v) is 4.03. The van der Waals surface area contributed by atoms with E-state index in [1.54, 1.807) is 0 Å². The lowest BCUT2D eigenvalue weighted by Crippen LogP contribution is -2.41. The summed E-state index contributed by atoms with van der Waals surface area (Å²) in [7, 11) is -0.337. The van der Waals surface area contributed by atoms with Crippen LogP contribution in [0.25, 0.3) is 10.9 Å². The number of aromatic nitrogens is 2. The van der Waals surface area contributed by atoms with E-state index >= 15 is 0 Å². The van der Waals surface area contributed by atoms with E-state index in [1.165, 1.54) is 0 Å². The van der Waals surface area contributed by atoms with Gasteiger partial charge >= 0.3 is 7.12 Å². The van der Waals surface area contributed by atoms with Crippen LogP contribution in [0, 0.1) is 0 Å². The van der Waals surface area contributed by atoms with Crippen LogP contribution in [0.1, 0.15) is 27.7 Å². The highest BCUT2D eigenvalue weighted by atomic mass is 35.5. The van der Waals surface area contributed by atoms with E-state index in [9.17, 15) is 0 Å². The van der Waals surface area contributed by atoms with Crippen LogP contribution >= 0.6 is 12.4 Å². The summed E-state index contributed by atoms with van der Waals surface area (Å²) in [6.07, 6.45) is 1.82. The Balaban J connectivity index is 0.00000133. The SMILES string of the molecule is CC1(C)OB(c2cccc3[nH]ncc23)OC1(C)C.Cl. The van der Waals surface area contributed by atoms with Crippen LogP contribution < -0.4 is 5.46 Å². The molecule has 2 aromatic rings. The molecule has 0 saturated carbocycles. The molecule has 6 heteroatoms. The van der Waals surface area contributed by atoms with Crippen molar-refractivity contribution < 1.29 is 9.31 Å². The minimum atomic E-state index is -0.337. The van der Waals surface area contributed by atoms with Crippen molar-refractivity contribution in [1.82, 2.24) is 10.2 Å². The van der Waals surface area contributed by atoms with Crippen LogP contribution in [0.4, 0.5) is 0 Å². The Morgan fingerprint density at radius 2 is 1.74 bits per heavy atom. The molecule has 1 aromatic carbocycles. The number of hydrogen-bond donors (Lipinski definition) is 1. The number of nitrogens with one attached hydrogen (secondary N) is 1. The molecule has 1 aliphatic rings. The highest BCUT2D eigenvalue weighted by Crippen LogP contribution is 2.36. The van der Waals surface area contributed by atoms with Crippen LogP contribution in [0.15, 0.2) is 24.4 Å². The molecule has 3 rings (SSSR count). The van der Waals surface area contributed by atoms with Gasteiger partial charge in [0, 0.05) is 5.39 Å². The van der Waals surface area contributed by atoms with Crippen molar-refractivity contribution in [2.45, 2.75) is 38.9 Å². The van der Waals surface area contributed by atoms with E-state index in [-0.39, 0.29) is 30.7 Å². The number of nitrogens with zero attached hydrogens (tertiary/aromatic N) is 1. The van der Waals surface area contributed by atoms with E-state index in [4.69, 9.17) is 9.31 Å². The molecule has 0 unspecified atom stereocenters. The van der Waals surface area contributed by atoms with Crippen molar-refractivity contribution in [3.05, 3.63) is 24.4 Å². The fourth-order valence-electron chi connectivity index (χ4n) is 2.17.